The summed E-state index contributed by atoms with van der Waals surface area (Å²) in [6.45, 7) is 4.79. The first kappa shape index (κ1) is 25.4. The summed E-state index contributed by atoms with van der Waals surface area (Å²) in [5, 5.41) is 0. The molecule has 0 saturated heterocycles. The third kappa shape index (κ3) is 14.5. The molecule has 1 aromatic carbocycles. The van der Waals surface area contributed by atoms with Crippen molar-refractivity contribution in [3.05, 3.63) is 35.9 Å². The molecular formula is C22H40ClNO2. The maximum absolute atomic E-state index is 5.85. The van der Waals surface area contributed by atoms with Gasteiger partial charge in [-0.2, -0.15) is 0 Å². The molecule has 0 aromatic heterocycles. The average Bonchev–Trinajstić information content (AvgIpc) is 2.65. The third-order valence-corrected chi connectivity index (χ3v) is 4.53. The molecule has 0 aliphatic rings. The molecule has 0 aliphatic carbocycles. The monoisotopic (exact) mass is 385 g/mol. The Labute approximate surface area is 167 Å². The van der Waals surface area contributed by atoms with Crippen LogP contribution in [-0.2, 0) is 16.1 Å². The van der Waals surface area contributed by atoms with Gasteiger partial charge in [0.2, 0.25) is 0 Å². The summed E-state index contributed by atoms with van der Waals surface area (Å²) in [6, 6.07) is 10.2. The Hall–Kier alpha value is -0.610. The molecule has 4 heteroatoms. The molecule has 0 radical (unpaired) electrons. The lowest BCUT2D eigenvalue weighted by Crippen LogP contribution is -2.29. The van der Waals surface area contributed by atoms with Crippen LogP contribution in [0.4, 0.5) is 0 Å². The molecule has 152 valence electrons. The molecule has 0 aliphatic heterocycles. The maximum atomic E-state index is 5.85. The van der Waals surface area contributed by atoms with Crippen LogP contribution >= 0.6 is 12.4 Å². The summed E-state index contributed by atoms with van der Waals surface area (Å²) in [5.74, 6) is 0. The van der Waals surface area contributed by atoms with Gasteiger partial charge in [0.1, 0.15) is 0 Å². The molecule has 1 atom stereocenters. The summed E-state index contributed by atoms with van der Waals surface area (Å²) in [7, 11) is 0. The van der Waals surface area contributed by atoms with Crippen molar-refractivity contribution in [3.63, 3.8) is 0 Å². The van der Waals surface area contributed by atoms with E-state index in [9.17, 15) is 0 Å². The minimum atomic E-state index is 0. The van der Waals surface area contributed by atoms with Gasteiger partial charge in [0.25, 0.3) is 0 Å². The van der Waals surface area contributed by atoms with E-state index in [0.717, 1.165) is 13.0 Å². The molecule has 26 heavy (non-hydrogen) atoms. The second kappa shape index (κ2) is 19.2. The van der Waals surface area contributed by atoms with E-state index in [-0.39, 0.29) is 18.5 Å². The first-order valence-electron chi connectivity index (χ1n) is 10.3. The van der Waals surface area contributed by atoms with Gasteiger partial charge in [0.15, 0.2) is 0 Å². The van der Waals surface area contributed by atoms with Gasteiger partial charge >= 0.3 is 0 Å². The normalized spacial score (nSPS) is 11.9. The van der Waals surface area contributed by atoms with Crippen molar-refractivity contribution in [2.45, 2.75) is 83.8 Å². The fourth-order valence-electron chi connectivity index (χ4n) is 2.91. The lowest BCUT2D eigenvalue weighted by atomic mass is 10.1. The number of benzene rings is 1. The Kier molecular flexibility index (Phi) is 18.7. The quantitative estimate of drug-likeness (QED) is 0.340. The number of nitrogens with two attached hydrogens (primary N) is 1. The molecule has 0 saturated carbocycles. The highest BCUT2D eigenvalue weighted by molar-refractivity contribution is 5.85. The molecule has 3 nitrogen and oxygen atoms in total. The molecule has 0 unspecified atom stereocenters. The number of hydrogen-bond acceptors (Lipinski definition) is 3. The zero-order valence-electron chi connectivity index (χ0n) is 16.7. The van der Waals surface area contributed by atoms with E-state index in [1.165, 1.54) is 63.4 Å². The van der Waals surface area contributed by atoms with Gasteiger partial charge < -0.3 is 15.2 Å². The van der Waals surface area contributed by atoms with Crippen LogP contribution in [-0.4, -0.2) is 25.9 Å². The van der Waals surface area contributed by atoms with Gasteiger partial charge in [-0.1, -0.05) is 95.0 Å². The molecule has 0 spiro atoms. The minimum absolute atomic E-state index is 0. The van der Waals surface area contributed by atoms with Crippen LogP contribution in [0.5, 0.6) is 0 Å². The summed E-state index contributed by atoms with van der Waals surface area (Å²) in [6.07, 6.45) is 13.5. The van der Waals surface area contributed by atoms with E-state index in [2.05, 4.69) is 19.1 Å². The fraction of sp³-hybridized carbons (Fsp3) is 0.727. The fourth-order valence-corrected chi connectivity index (χ4v) is 2.91. The Balaban J connectivity index is 0.00000625. The average molecular weight is 386 g/mol. The second-order valence-electron chi connectivity index (χ2n) is 6.91. The predicted molar refractivity (Wildman–Crippen MR) is 114 cm³/mol. The van der Waals surface area contributed by atoms with Crippen molar-refractivity contribution >= 4 is 12.4 Å². The SMILES string of the molecule is CCCCCCCCCCCCO[C@@H](CN)COCc1ccccc1.Cl. The first-order chi connectivity index (χ1) is 12.4. The van der Waals surface area contributed by atoms with Crippen molar-refractivity contribution in [2.24, 2.45) is 5.73 Å². The van der Waals surface area contributed by atoms with Crippen molar-refractivity contribution in [2.75, 3.05) is 19.8 Å². The number of unbranched alkanes of at least 4 members (excludes halogenated alkanes) is 9. The van der Waals surface area contributed by atoms with Crippen LogP contribution in [0.25, 0.3) is 0 Å². The zero-order valence-corrected chi connectivity index (χ0v) is 17.5. The molecule has 0 bridgehead atoms. The highest BCUT2D eigenvalue weighted by Crippen LogP contribution is 2.10. The molecule has 1 aromatic rings. The molecule has 0 heterocycles. The van der Waals surface area contributed by atoms with E-state index in [0.29, 0.717) is 19.8 Å². The van der Waals surface area contributed by atoms with Gasteiger partial charge in [-0.3, -0.25) is 0 Å². The van der Waals surface area contributed by atoms with Crippen LogP contribution in [0.3, 0.4) is 0 Å². The lowest BCUT2D eigenvalue weighted by Gasteiger charge is -2.16. The van der Waals surface area contributed by atoms with Gasteiger partial charge in [-0.25, -0.2) is 0 Å². The van der Waals surface area contributed by atoms with Crippen LogP contribution < -0.4 is 5.73 Å². The topological polar surface area (TPSA) is 44.5 Å². The number of hydrogen-bond donors (Lipinski definition) is 1. The van der Waals surface area contributed by atoms with Gasteiger partial charge in [-0.15, -0.1) is 12.4 Å². The van der Waals surface area contributed by atoms with Crippen molar-refractivity contribution < 1.29 is 9.47 Å². The molecule has 0 fully saturated rings. The van der Waals surface area contributed by atoms with E-state index in [1.54, 1.807) is 0 Å². The van der Waals surface area contributed by atoms with E-state index >= 15 is 0 Å². The van der Waals surface area contributed by atoms with E-state index < -0.39 is 0 Å². The molecule has 1 rings (SSSR count). The summed E-state index contributed by atoms with van der Waals surface area (Å²) in [4.78, 5) is 0. The van der Waals surface area contributed by atoms with E-state index in [1.807, 2.05) is 18.2 Å². The lowest BCUT2D eigenvalue weighted by molar-refractivity contribution is -0.0179. The van der Waals surface area contributed by atoms with Crippen LogP contribution in [0, 0.1) is 0 Å². The van der Waals surface area contributed by atoms with Gasteiger partial charge in [0, 0.05) is 13.2 Å². The Morgan fingerprint density at radius 1 is 0.846 bits per heavy atom. The second-order valence-corrected chi connectivity index (χ2v) is 6.91. The van der Waals surface area contributed by atoms with Crippen LogP contribution in [0.15, 0.2) is 30.3 Å². The summed E-state index contributed by atoms with van der Waals surface area (Å²) < 4.78 is 11.6. The van der Waals surface area contributed by atoms with Crippen LogP contribution in [0.2, 0.25) is 0 Å². The molecule has 0 amide bonds. The first-order valence-corrected chi connectivity index (χ1v) is 10.3. The van der Waals surface area contributed by atoms with Gasteiger partial charge in [-0.05, 0) is 12.0 Å². The Bertz CT molecular complexity index is 389. The minimum Gasteiger partial charge on any atom is -0.374 e. The van der Waals surface area contributed by atoms with E-state index in [4.69, 9.17) is 15.2 Å². The highest BCUT2D eigenvalue weighted by atomic mass is 35.5. The highest BCUT2D eigenvalue weighted by Gasteiger charge is 2.07. The number of ether oxygens (including phenoxy) is 2. The molecule has 2 N–H and O–H groups in total. The van der Waals surface area contributed by atoms with Crippen molar-refractivity contribution in [1.29, 1.82) is 0 Å². The largest absolute Gasteiger partial charge is 0.374 e. The number of rotatable bonds is 17. The smallest absolute Gasteiger partial charge is 0.0930 e. The Morgan fingerprint density at radius 2 is 1.42 bits per heavy atom. The molecular weight excluding hydrogens is 346 g/mol. The maximum Gasteiger partial charge on any atom is 0.0930 e. The standard InChI is InChI=1S/C22H39NO2.ClH/c1-2-3-4-5-6-7-8-9-10-14-17-25-22(18-23)20-24-19-21-15-12-11-13-16-21;/h11-13,15-16,22H,2-10,14,17-20,23H2,1H3;1H/t22-;/m0./s1. The van der Waals surface area contributed by atoms with Crippen molar-refractivity contribution in [3.8, 4) is 0 Å². The summed E-state index contributed by atoms with van der Waals surface area (Å²) >= 11 is 0. The van der Waals surface area contributed by atoms with Crippen molar-refractivity contribution in [1.82, 2.24) is 0 Å². The summed E-state index contributed by atoms with van der Waals surface area (Å²) in [5.41, 5.74) is 6.97. The Morgan fingerprint density at radius 3 is 2.00 bits per heavy atom. The third-order valence-electron chi connectivity index (χ3n) is 4.53. The zero-order chi connectivity index (χ0) is 18.0. The van der Waals surface area contributed by atoms with Gasteiger partial charge in [0.05, 0.1) is 19.3 Å². The predicted octanol–water partition coefficient (Wildman–Crippen LogP) is 5.89. The van der Waals surface area contributed by atoms with Crippen LogP contribution in [0.1, 0.15) is 76.7 Å². The number of halogens is 1.